The monoisotopic (exact) mass is 384 g/mol. The summed E-state index contributed by atoms with van der Waals surface area (Å²) in [6, 6.07) is 16.3. The maximum atomic E-state index is 13.3. The number of amides is 1. The fraction of sp³-hybridized carbons (Fsp3) is 0.333. The van der Waals surface area contributed by atoms with E-state index in [0.29, 0.717) is 18.5 Å². The second-order valence-corrected chi connectivity index (χ2v) is 7.51. The van der Waals surface area contributed by atoms with Crippen molar-refractivity contribution < 1.29 is 9.53 Å². The first kappa shape index (κ1) is 19.3. The number of hydrogen-bond acceptors (Lipinski definition) is 4. The van der Waals surface area contributed by atoms with E-state index in [0.717, 1.165) is 23.1 Å². The van der Waals surface area contributed by atoms with Crippen LogP contribution in [0.5, 0.6) is 0 Å². The normalized spacial score (nSPS) is 12.2. The van der Waals surface area contributed by atoms with E-state index in [1.54, 1.807) is 23.0 Å². The number of hydrogen-bond donors (Lipinski definition) is 0. The van der Waals surface area contributed by atoms with Crippen molar-refractivity contribution in [1.82, 2.24) is 8.86 Å². The van der Waals surface area contributed by atoms with Gasteiger partial charge in [0.1, 0.15) is 0 Å². The first-order chi connectivity index (χ1) is 13.1. The summed E-state index contributed by atoms with van der Waals surface area (Å²) in [6.45, 7) is 1.31. The Morgan fingerprint density at radius 2 is 1.81 bits per heavy atom. The Morgan fingerprint density at radius 3 is 2.52 bits per heavy atom. The molecule has 1 amide bonds. The van der Waals surface area contributed by atoms with Crippen LogP contribution in [0.2, 0.25) is 0 Å². The maximum Gasteiger partial charge on any atom is 0.269 e. The van der Waals surface area contributed by atoms with Crippen LogP contribution < -0.4 is 5.56 Å². The highest BCUT2D eigenvalue weighted by Crippen LogP contribution is 2.26. The zero-order valence-electron chi connectivity index (χ0n) is 15.6. The molecule has 27 heavy (non-hydrogen) atoms. The molecule has 5 nitrogen and oxygen atoms in total. The highest BCUT2D eigenvalue weighted by molar-refractivity contribution is 7.14. The van der Waals surface area contributed by atoms with Gasteiger partial charge in [0.25, 0.3) is 11.5 Å². The van der Waals surface area contributed by atoms with Crippen LogP contribution in [0.15, 0.2) is 59.4 Å². The minimum Gasteiger partial charge on any atom is -0.385 e. The van der Waals surface area contributed by atoms with Gasteiger partial charge in [-0.3, -0.25) is 9.59 Å². The highest BCUT2D eigenvalue weighted by Gasteiger charge is 2.28. The Morgan fingerprint density at radius 1 is 1.11 bits per heavy atom. The Balaban J connectivity index is 1.95. The molecule has 0 aliphatic heterocycles. The zero-order valence-corrected chi connectivity index (χ0v) is 16.4. The number of aromatic nitrogens is 1. The SMILES string of the molecule is COCCCCN(C)C(=O)C(c1ccccc1)n1sc2ccccc2c1=O. The van der Waals surface area contributed by atoms with Crippen molar-refractivity contribution in [1.29, 1.82) is 0 Å². The molecule has 1 heterocycles. The van der Waals surface area contributed by atoms with E-state index in [-0.39, 0.29) is 11.5 Å². The van der Waals surface area contributed by atoms with Crippen LogP contribution in [0.1, 0.15) is 24.4 Å². The number of carbonyl (C=O) groups is 1. The van der Waals surface area contributed by atoms with Crippen LogP contribution in [-0.4, -0.2) is 42.1 Å². The molecular formula is C21H24N2O3S. The number of unbranched alkanes of at least 4 members (excludes halogenated alkanes) is 1. The molecule has 0 saturated carbocycles. The second kappa shape index (κ2) is 8.97. The van der Waals surface area contributed by atoms with Crippen molar-refractivity contribution in [3.05, 3.63) is 70.5 Å². The fourth-order valence-electron chi connectivity index (χ4n) is 3.09. The van der Waals surface area contributed by atoms with E-state index in [4.69, 9.17) is 4.74 Å². The quantitative estimate of drug-likeness (QED) is 0.558. The number of ether oxygens (including phenoxy) is 1. The largest absolute Gasteiger partial charge is 0.385 e. The molecule has 1 aromatic heterocycles. The minimum atomic E-state index is -0.650. The molecule has 0 aliphatic rings. The van der Waals surface area contributed by atoms with E-state index >= 15 is 0 Å². The summed E-state index contributed by atoms with van der Waals surface area (Å²) in [4.78, 5) is 27.9. The summed E-state index contributed by atoms with van der Waals surface area (Å²) in [6.07, 6.45) is 1.76. The van der Waals surface area contributed by atoms with Crippen LogP contribution >= 0.6 is 11.5 Å². The van der Waals surface area contributed by atoms with Gasteiger partial charge in [-0.1, -0.05) is 54.0 Å². The second-order valence-electron chi connectivity index (χ2n) is 6.49. The number of likely N-dealkylation sites (N-methyl/N-ethyl adjacent to an activating group) is 1. The highest BCUT2D eigenvalue weighted by atomic mass is 32.1. The molecule has 3 aromatic rings. The van der Waals surface area contributed by atoms with Gasteiger partial charge in [0, 0.05) is 27.3 Å². The van der Waals surface area contributed by atoms with Crippen molar-refractivity contribution in [3.8, 4) is 0 Å². The molecule has 6 heteroatoms. The van der Waals surface area contributed by atoms with Crippen molar-refractivity contribution in [2.45, 2.75) is 18.9 Å². The molecule has 2 aromatic carbocycles. The van der Waals surface area contributed by atoms with E-state index in [9.17, 15) is 9.59 Å². The predicted molar refractivity (Wildman–Crippen MR) is 109 cm³/mol. The molecule has 0 radical (unpaired) electrons. The van der Waals surface area contributed by atoms with Gasteiger partial charge in [0.2, 0.25) is 0 Å². The molecule has 3 rings (SSSR count). The lowest BCUT2D eigenvalue weighted by Gasteiger charge is -2.24. The first-order valence-electron chi connectivity index (χ1n) is 9.03. The molecule has 0 aliphatic carbocycles. The lowest BCUT2D eigenvalue weighted by molar-refractivity contribution is -0.132. The van der Waals surface area contributed by atoms with Crippen molar-refractivity contribution in [2.75, 3.05) is 27.3 Å². The fourth-order valence-corrected chi connectivity index (χ4v) is 4.19. The van der Waals surface area contributed by atoms with Gasteiger partial charge in [-0.2, -0.15) is 0 Å². The first-order valence-corrected chi connectivity index (χ1v) is 9.80. The van der Waals surface area contributed by atoms with Gasteiger partial charge in [-0.25, -0.2) is 3.96 Å². The maximum absolute atomic E-state index is 13.3. The third-order valence-electron chi connectivity index (χ3n) is 4.57. The van der Waals surface area contributed by atoms with Gasteiger partial charge in [-0.05, 0) is 30.5 Å². The van der Waals surface area contributed by atoms with Gasteiger partial charge >= 0.3 is 0 Å². The zero-order chi connectivity index (χ0) is 19.2. The van der Waals surface area contributed by atoms with Crippen LogP contribution in [0.4, 0.5) is 0 Å². The third-order valence-corrected chi connectivity index (χ3v) is 5.69. The van der Waals surface area contributed by atoms with Crippen LogP contribution in [0.3, 0.4) is 0 Å². The molecular weight excluding hydrogens is 360 g/mol. The van der Waals surface area contributed by atoms with Crippen LogP contribution in [0.25, 0.3) is 10.1 Å². The van der Waals surface area contributed by atoms with Gasteiger partial charge in [-0.15, -0.1) is 0 Å². The lowest BCUT2D eigenvalue weighted by atomic mass is 10.1. The molecule has 0 fully saturated rings. The molecule has 0 spiro atoms. The molecule has 1 atom stereocenters. The lowest BCUT2D eigenvalue weighted by Crippen LogP contribution is -2.37. The van der Waals surface area contributed by atoms with Gasteiger partial charge < -0.3 is 9.64 Å². The summed E-state index contributed by atoms with van der Waals surface area (Å²) in [5.74, 6) is -0.0766. The number of fused-ring (bicyclic) bond motifs is 1. The smallest absolute Gasteiger partial charge is 0.269 e. The Labute approximate surface area is 162 Å². The average Bonchev–Trinajstić information content (AvgIpc) is 3.03. The summed E-state index contributed by atoms with van der Waals surface area (Å²) < 4.78 is 7.57. The Kier molecular flexibility index (Phi) is 6.42. The Hall–Kier alpha value is -2.44. The average molecular weight is 385 g/mol. The van der Waals surface area contributed by atoms with Crippen LogP contribution in [-0.2, 0) is 9.53 Å². The number of nitrogens with zero attached hydrogens (tertiary/aromatic N) is 2. The predicted octanol–water partition coefficient (Wildman–Crippen LogP) is 3.54. The van der Waals surface area contributed by atoms with Crippen molar-refractivity contribution in [3.63, 3.8) is 0 Å². The summed E-state index contributed by atoms with van der Waals surface area (Å²) in [7, 11) is 3.47. The number of methoxy groups -OCH3 is 1. The number of carbonyl (C=O) groups excluding carboxylic acids is 1. The standard InChI is InChI=1S/C21H24N2O3S/c1-22(14-8-9-15-26-2)21(25)19(16-10-4-3-5-11-16)23-20(24)17-12-6-7-13-18(17)27-23/h3-7,10-13,19H,8-9,14-15H2,1-2H3. The van der Waals surface area contributed by atoms with E-state index in [1.165, 1.54) is 11.5 Å². The number of rotatable bonds is 8. The summed E-state index contributed by atoms with van der Waals surface area (Å²) in [5, 5.41) is 0.652. The van der Waals surface area contributed by atoms with Gasteiger partial charge in [0.15, 0.2) is 6.04 Å². The summed E-state index contributed by atoms with van der Waals surface area (Å²) in [5.41, 5.74) is 0.700. The van der Waals surface area contributed by atoms with Crippen molar-refractivity contribution in [2.24, 2.45) is 0 Å². The van der Waals surface area contributed by atoms with E-state index in [2.05, 4.69) is 0 Å². The van der Waals surface area contributed by atoms with E-state index in [1.807, 2.05) is 54.6 Å². The minimum absolute atomic E-state index is 0.0766. The van der Waals surface area contributed by atoms with Gasteiger partial charge in [0.05, 0.1) is 10.1 Å². The van der Waals surface area contributed by atoms with E-state index < -0.39 is 6.04 Å². The Bertz CT molecular complexity index is 949. The van der Waals surface area contributed by atoms with Crippen molar-refractivity contribution >= 4 is 27.5 Å². The molecule has 0 saturated heterocycles. The topological polar surface area (TPSA) is 51.5 Å². The third kappa shape index (κ3) is 4.28. The molecule has 142 valence electrons. The summed E-state index contributed by atoms with van der Waals surface area (Å²) >= 11 is 1.34. The molecule has 0 N–H and O–H groups in total. The number of benzene rings is 2. The van der Waals surface area contributed by atoms with Crippen LogP contribution in [0, 0.1) is 0 Å². The molecule has 0 bridgehead atoms. The molecule has 1 unspecified atom stereocenters.